The Kier molecular flexibility index (Phi) is 7.02. The fourth-order valence-electron chi connectivity index (χ4n) is 1.72. The normalized spacial score (nSPS) is 12.2. The summed E-state index contributed by atoms with van der Waals surface area (Å²) in [6.45, 7) is 4.13. The van der Waals surface area contributed by atoms with E-state index in [1.54, 1.807) is 0 Å². The lowest BCUT2D eigenvalue weighted by Gasteiger charge is -2.17. The molecule has 1 atom stereocenters. The van der Waals surface area contributed by atoms with Crippen molar-refractivity contribution < 1.29 is 9.84 Å². The SMILES string of the molecule is C#CCCOc1ccc(CN(C)CCC(C)O)cc1. The van der Waals surface area contributed by atoms with Gasteiger partial charge in [-0.3, -0.25) is 0 Å². The van der Waals surface area contributed by atoms with E-state index >= 15 is 0 Å². The minimum atomic E-state index is -0.241. The Morgan fingerprint density at radius 2 is 2.05 bits per heavy atom. The number of aliphatic hydroxyl groups is 1. The summed E-state index contributed by atoms with van der Waals surface area (Å²) in [4.78, 5) is 2.20. The lowest BCUT2D eigenvalue weighted by molar-refractivity contribution is 0.163. The monoisotopic (exact) mass is 261 g/mol. The van der Waals surface area contributed by atoms with E-state index in [-0.39, 0.29) is 6.10 Å². The number of ether oxygens (including phenoxy) is 1. The molecule has 104 valence electrons. The van der Waals surface area contributed by atoms with E-state index in [2.05, 4.69) is 30.0 Å². The van der Waals surface area contributed by atoms with Crippen LogP contribution in [0.3, 0.4) is 0 Å². The molecular formula is C16H23NO2. The lowest BCUT2D eigenvalue weighted by atomic mass is 10.2. The average molecular weight is 261 g/mol. The number of aliphatic hydroxyl groups excluding tert-OH is 1. The van der Waals surface area contributed by atoms with Crippen molar-refractivity contribution in [3.05, 3.63) is 29.8 Å². The van der Waals surface area contributed by atoms with Crippen LogP contribution < -0.4 is 4.74 Å². The molecule has 0 amide bonds. The van der Waals surface area contributed by atoms with Crippen LogP contribution in [0, 0.1) is 12.3 Å². The third-order valence-electron chi connectivity index (χ3n) is 2.82. The van der Waals surface area contributed by atoms with E-state index < -0.39 is 0 Å². The first kappa shape index (κ1) is 15.6. The van der Waals surface area contributed by atoms with Gasteiger partial charge in [0.2, 0.25) is 0 Å². The van der Waals surface area contributed by atoms with E-state index in [1.165, 1.54) is 5.56 Å². The van der Waals surface area contributed by atoms with E-state index in [1.807, 2.05) is 19.1 Å². The molecule has 3 nitrogen and oxygen atoms in total. The fourth-order valence-corrected chi connectivity index (χ4v) is 1.72. The maximum atomic E-state index is 9.25. The van der Waals surface area contributed by atoms with Gasteiger partial charge in [-0.15, -0.1) is 12.3 Å². The largest absolute Gasteiger partial charge is 0.493 e. The number of benzene rings is 1. The van der Waals surface area contributed by atoms with Gasteiger partial charge in [0.1, 0.15) is 5.75 Å². The van der Waals surface area contributed by atoms with Crippen LogP contribution in [-0.2, 0) is 6.54 Å². The summed E-state index contributed by atoms with van der Waals surface area (Å²) in [6.07, 6.45) is 6.35. The first-order chi connectivity index (χ1) is 9.11. The van der Waals surface area contributed by atoms with Crippen LogP contribution in [0.25, 0.3) is 0 Å². The predicted octanol–water partition coefficient (Wildman–Crippen LogP) is 2.29. The van der Waals surface area contributed by atoms with Gasteiger partial charge in [-0.2, -0.15) is 0 Å². The molecule has 0 saturated heterocycles. The third-order valence-corrected chi connectivity index (χ3v) is 2.82. The fraction of sp³-hybridized carbons (Fsp3) is 0.500. The van der Waals surface area contributed by atoms with Crippen LogP contribution >= 0.6 is 0 Å². The highest BCUT2D eigenvalue weighted by Crippen LogP contribution is 2.13. The van der Waals surface area contributed by atoms with Gasteiger partial charge in [-0.05, 0) is 38.1 Å². The first-order valence-electron chi connectivity index (χ1n) is 6.63. The Hall–Kier alpha value is -1.50. The van der Waals surface area contributed by atoms with Crippen LogP contribution in [0.4, 0.5) is 0 Å². The number of nitrogens with zero attached hydrogens (tertiary/aromatic N) is 1. The zero-order valence-corrected chi connectivity index (χ0v) is 11.8. The molecule has 0 spiro atoms. The molecule has 0 saturated carbocycles. The molecule has 0 heterocycles. The van der Waals surface area contributed by atoms with Crippen LogP contribution in [0.1, 0.15) is 25.3 Å². The van der Waals surface area contributed by atoms with E-state index in [0.717, 1.165) is 25.3 Å². The Morgan fingerprint density at radius 1 is 1.37 bits per heavy atom. The van der Waals surface area contributed by atoms with Gasteiger partial charge >= 0.3 is 0 Å². The molecule has 0 fully saturated rings. The summed E-state index contributed by atoms with van der Waals surface area (Å²) in [6, 6.07) is 8.05. The molecule has 0 radical (unpaired) electrons. The zero-order chi connectivity index (χ0) is 14.1. The summed E-state index contributed by atoms with van der Waals surface area (Å²) in [7, 11) is 2.06. The maximum Gasteiger partial charge on any atom is 0.119 e. The smallest absolute Gasteiger partial charge is 0.119 e. The molecule has 1 unspecified atom stereocenters. The standard InChI is InChI=1S/C16H23NO2/c1-4-5-12-19-16-8-6-15(7-9-16)13-17(3)11-10-14(2)18/h1,6-9,14,18H,5,10-13H2,2-3H3. The molecule has 0 aliphatic rings. The average Bonchev–Trinajstić information content (AvgIpc) is 2.39. The molecule has 0 bridgehead atoms. The van der Waals surface area contributed by atoms with E-state index in [0.29, 0.717) is 13.0 Å². The summed E-state index contributed by atoms with van der Waals surface area (Å²) in [5.41, 5.74) is 1.23. The minimum Gasteiger partial charge on any atom is -0.493 e. The predicted molar refractivity (Wildman–Crippen MR) is 78.0 cm³/mol. The molecule has 0 aliphatic carbocycles. The highest BCUT2D eigenvalue weighted by molar-refractivity contribution is 5.27. The topological polar surface area (TPSA) is 32.7 Å². The molecular weight excluding hydrogens is 238 g/mol. The lowest BCUT2D eigenvalue weighted by Crippen LogP contribution is -2.22. The minimum absolute atomic E-state index is 0.241. The van der Waals surface area contributed by atoms with Crippen LogP contribution in [0.2, 0.25) is 0 Å². The van der Waals surface area contributed by atoms with Gasteiger partial charge in [0, 0.05) is 19.5 Å². The first-order valence-corrected chi connectivity index (χ1v) is 6.63. The summed E-state index contributed by atoms with van der Waals surface area (Å²) < 4.78 is 5.50. The molecule has 0 aliphatic heterocycles. The number of terminal acetylenes is 1. The molecule has 19 heavy (non-hydrogen) atoms. The van der Waals surface area contributed by atoms with Crippen molar-refractivity contribution in [3.8, 4) is 18.1 Å². The molecule has 3 heteroatoms. The summed E-state index contributed by atoms with van der Waals surface area (Å²) >= 11 is 0. The quantitative estimate of drug-likeness (QED) is 0.575. The van der Waals surface area contributed by atoms with Crippen molar-refractivity contribution in [2.24, 2.45) is 0 Å². The highest BCUT2D eigenvalue weighted by Gasteiger charge is 2.03. The Balaban J connectivity index is 2.37. The van der Waals surface area contributed by atoms with Gasteiger partial charge < -0.3 is 14.7 Å². The second-order valence-electron chi connectivity index (χ2n) is 4.82. The van der Waals surface area contributed by atoms with Crippen molar-refractivity contribution in [2.45, 2.75) is 32.4 Å². The van der Waals surface area contributed by atoms with Crippen molar-refractivity contribution in [1.29, 1.82) is 0 Å². The Labute approximate surface area is 116 Å². The van der Waals surface area contributed by atoms with E-state index in [9.17, 15) is 5.11 Å². The van der Waals surface area contributed by atoms with Crippen molar-refractivity contribution in [3.63, 3.8) is 0 Å². The molecule has 1 aromatic rings. The second kappa shape index (κ2) is 8.58. The summed E-state index contributed by atoms with van der Waals surface area (Å²) in [5.74, 6) is 3.40. The van der Waals surface area contributed by atoms with Crippen LogP contribution in [0.15, 0.2) is 24.3 Å². The highest BCUT2D eigenvalue weighted by atomic mass is 16.5. The summed E-state index contributed by atoms with van der Waals surface area (Å²) in [5, 5.41) is 9.25. The molecule has 0 aromatic heterocycles. The second-order valence-corrected chi connectivity index (χ2v) is 4.82. The van der Waals surface area contributed by atoms with Crippen molar-refractivity contribution in [1.82, 2.24) is 4.90 Å². The van der Waals surface area contributed by atoms with Crippen molar-refractivity contribution >= 4 is 0 Å². The van der Waals surface area contributed by atoms with Gasteiger partial charge in [0.15, 0.2) is 0 Å². The molecule has 1 aromatic carbocycles. The Morgan fingerprint density at radius 3 is 2.63 bits per heavy atom. The van der Waals surface area contributed by atoms with E-state index in [4.69, 9.17) is 11.2 Å². The zero-order valence-electron chi connectivity index (χ0n) is 11.8. The molecule has 1 N–H and O–H groups in total. The number of hydrogen-bond acceptors (Lipinski definition) is 3. The van der Waals surface area contributed by atoms with Gasteiger partial charge in [-0.1, -0.05) is 12.1 Å². The van der Waals surface area contributed by atoms with Gasteiger partial charge in [-0.25, -0.2) is 0 Å². The number of hydrogen-bond donors (Lipinski definition) is 1. The van der Waals surface area contributed by atoms with Gasteiger partial charge in [0.05, 0.1) is 12.7 Å². The van der Waals surface area contributed by atoms with Crippen LogP contribution in [0.5, 0.6) is 5.75 Å². The maximum absolute atomic E-state index is 9.25. The van der Waals surface area contributed by atoms with Crippen LogP contribution in [-0.4, -0.2) is 36.3 Å². The third kappa shape index (κ3) is 6.85. The van der Waals surface area contributed by atoms with Gasteiger partial charge in [0.25, 0.3) is 0 Å². The Bertz CT molecular complexity index is 392. The molecule has 1 rings (SSSR count). The van der Waals surface area contributed by atoms with Crippen molar-refractivity contribution in [2.75, 3.05) is 20.2 Å². The number of rotatable bonds is 8.